The average Bonchev–Trinajstić information content (AvgIpc) is 3.22. The van der Waals surface area contributed by atoms with Crippen LogP contribution in [0.25, 0.3) is 0 Å². The Bertz CT molecular complexity index is 836. The number of hydrogen-bond donors (Lipinski definition) is 1. The van der Waals surface area contributed by atoms with Crippen LogP contribution < -0.4 is 5.32 Å². The smallest absolute Gasteiger partial charge is 0.220 e. The SMILES string of the molecule is O=C(CCC1CCN(Cc2ccccc2F)CC1)NC1CCN(Cc2ccccc2)C1. The van der Waals surface area contributed by atoms with Crippen molar-refractivity contribution in [2.75, 3.05) is 26.2 Å². The molecule has 5 heteroatoms. The van der Waals surface area contributed by atoms with E-state index in [1.807, 2.05) is 18.2 Å². The lowest BCUT2D eigenvalue weighted by molar-refractivity contribution is -0.122. The first-order valence-electron chi connectivity index (χ1n) is 11.7. The summed E-state index contributed by atoms with van der Waals surface area (Å²) in [6.07, 6.45) is 4.80. The van der Waals surface area contributed by atoms with E-state index in [1.54, 1.807) is 6.07 Å². The van der Waals surface area contributed by atoms with Crippen molar-refractivity contribution in [1.29, 1.82) is 0 Å². The highest BCUT2D eigenvalue weighted by atomic mass is 19.1. The van der Waals surface area contributed by atoms with Crippen LogP contribution in [0, 0.1) is 11.7 Å². The van der Waals surface area contributed by atoms with Crippen LogP contribution in [0.1, 0.15) is 43.2 Å². The molecular weight excluding hydrogens is 389 g/mol. The van der Waals surface area contributed by atoms with E-state index >= 15 is 0 Å². The van der Waals surface area contributed by atoms with Gasteiger partial charge in [0.25, 0.3) is 0 Å². The minimum Gasteiger partial charge on any atom is -0.352 e. The molecule has 4 rings (SSSR count). The number of hydrogen-bond acceptors (Lipinski definition) is 3. The van der Waals surface area contributed by atoms with Gasteiger partial charge in [0.2, 0.25) is 5.91 Å². The zero-order valence-corrected chi connectivity index (χ0v) is 18.3. The van der Waals surface area contributed by atoms with Crippen molar-refractivity contribution in [2.24, 2.45) is 5.92 Å². The van der Waals surface area contributed by atoms with E-state index < -0.39 is 0 Å². The molecule has 2 fully saturated rings. The Labute approximate surface area is 185 Å². The Morgan fingerprint density at radius 1 is 0.903 bits per heavy atom. The predicted octanol–water partition coefficient (Wildman–Crippen LogP) is 4.21. The summed E-state index contributed by atoms with van der Waals surface area (Å²) in [5.41, 5.74) is 2.11. The summed E-state index contributed by atoms with van der Waals surface area (Å²) in [5, 5.41) is 3.25. The number of likely N-dealkylation sites (tertiary alicyclic amines) is 2. The van der Waals surface area contributed by atoms with E-state index in [9.17, 15) is 9.18 Å². The molecule has 0 aromatic heterocycles. The molecule has 1 amide bonds. The molecule has 1 atom stereocenters. The van der Waals surface area contributed by atoms with Crippen molar-refractivity contribution < 1.29 is 9.18 Å². The minimum absolute atomic E-state index is 0.115. The number of carbonyl (C=O) groups is 1. The van der Waals surface area contributed by atoms with Crippen molar-refractivity contribution >= 4 is 5.91 Å². The van der Waals surface area contributed by atoms with Crippen LogP contribution in [-0.4, -0.2) is 47.9 Å². The molecular formula is C26H34FN3O. The third-order valence-corrected chi connectivity index (χ3v) is 6.73. The molecule has 0 spiro atoms. The maximum absolute atomic E-state index is 13.9. The van der Waals surface area contributed by atoms with Gasteiger partial charge < -0.3 is 5.32 Å². The van der Waals surface area contributed by atoms with Gasteiger partial charge in [0.15, 0.2) is 0 Å². The molecule has 0 radical (unpaired) electrons. The van der Waals surface area contributed by atoms with E-state index in [4.69, 9.17) is 0 Å². The fourth-order valence-corrected chi connectivity index (χ4v) is 4.87. The lowest BCUT2D eigenvalue weighted by Gasteiger charge is -2.32. The highest BCUT2D eigenvalue weighted by molar-refractivity contribution is 5.76. The van der Waals surface area contributed by atoms with Crippen molar-refractivity contribution in [3.63, 3.8) is 0 Å². The molecule has 2 saturated heterocycles. The number of rotatable bonds is 8. The number of carbonyl (C=O) groups excluding carboxylic acids is 1. The summed E-state index contributed by atoms with van der Waals surface area (Å²) in [5.74, 6) is 0.677. The minimum atomic E-state index is -0.115. The van der Waals surface area contributed by atoms with E-state index in [1.165, 1.54) is 11.6 Å². The van der Waals surface area contributed by atoms with Gasteiger partial charge in [0.1, 0.15) is 5.82 Å². The summed E-state index contributed by atoms with van der Waals surface area (Å²) in [4.78, 5) is 17.2. The summed E-state index contributed by atoms with van der Waals surface area (Å²) in [7, 11) is 0. The second-order valence-electron chi connectivity index (χ2n) is 9.12. The molecule has 2 aromatic carbocycles. The molecule has 2 heterocycles. The fraction of sp³-hybridized carbons (Fsp3) is 0.500. The lowest BCUT2D eigenvalue weighted by atomic mass is 9.91. The van der Waals surface area contributed by atoms with Gasteiger partial charge >= 0.3 is 0 Å². The Morgan fingerprint density at radius 2 is 1.61 bits per heavy atom. The zero-order valence-electron chi connectivity index (χ0n) is 18.3. The number of benzene rings is 2. The third-order valence-electron chi connectivity index (χ3n) is 6.73. The van der Waals surface area contributed by atoms with Crippen molar-refractivity contribution in [3.8, 4) is 0 Å². The number of nitrogens with one attached hydrogen (secondary N) is 1. The summed E-state index contributed by atoms with van der Waals surface area (Å²) >= 11 is 0. The molecule has 4 nitrogen and oxygen atoms in total. The van der Waals surface area contributed by atoms with Gasteiger partial charge in [-0.1, -0.05) is 48.5 Å². The topological polar surface area (TPSA) is 35.6 Å². The van der Waals surface area contributed by atoms with Gasteiger partial charge in [0.05, 0.1) is 0 Å². The average molecular weight is 424 g/mol. The molecule has 2 aliphatic heterocycles. The zero-order chi connectivity index (χ0) is 21.5. The summed E-state index contributed by atoms with van der Waals surface area (Å²) in [6.45, 7) is 5.59. The largest absolute Gasteiger partial charge is 0.352 e. The van der Waals surface area contributed by atoms with E-state index in [-0.39, 0.29) is 17.8 Å². The van der Waals surface area contributed by atoms with Gasteiger partial charge in [-0.15, -0.1) is 0 Å². The Morgan fingerprint density at radius 3 is 2.39 bits per heavy atom. The molecule has 2 aromatic rings. The molecule has 166 valence electrons. The highest BCUT2D eigenvalue weighted by Gasteiger charge is 2.25. The van der Waals surface area contributed by atoms with Crippen LogP contribution in [0.5, 0.6) is 0 Å². The second kappa shape index (κ2) is 10.9. The quantitative estimate of drug-likeness (QED) is 0.691. The molecule has 0 bridgehead atoms. The maximum atomic E-state index is 13.9. The van der Waals surface area contributed by atoms with E-state index in [2.05, 4.69) is 39.4 Å². The summed E-state index contributed by atoms with van der Waals surface area (Å²) in [6, 6.07) is 17.8. The van der Waals surface area contributed by atoms with E-state index in [0.717, 1.165) is 64.0 Å². The first-order chi connectivity index (χ1) is 15.2. The Kier molecular flexibility index (Phi) is 7.71. The van der Waals surface area contributed by atoms with Crippen LogP contribution >= 0.6 is 0 Å². The molecule has 31 heavy (non-hydrogen) atoms. The van der Waals surface area contributed by atoms with Gasteiger partial charge in [-0.25, -0.2) is 4.39 Å². The van der Waals surface area contributed by atoms with Crippen LogP contribution in [0.4, 0.5) is 4.39 Å². The van der Waals surface area contributed by atoms with Crippen LogP contribution in [-0.2, 0) is 17.9 Å². The standard InChI is InChI=1S/C26H34FN3O/c27-25-9-5-4-8-23(25)19-29-15-12-21(13-16-29)10-11-26(31)28-24-14-17-30(20-24)18-22-6-2-1-3-7-22/h1-9,21,24H,10-20H2,(H,28,31). The Hall–Kier alpha value is -2.24. The Balaban J connectivity index is 1.12. The summed E-state index contributed by atoms with van der Waals surface area (Å²) < 4.78 is 13.9. The normalized spacial score (nSPS) is 20.7. The van der Waals surface area contributed by atoms with Crippen molar-refractivity contribution in [3.05, 3.63) is 71.5 Å². The molecule has 1 unspecified atom stereocenters. The number of amides is 1. The highest BCUT2D eigenvalue weighted by Crippen LogP contribution is 2.24. The lowest BCUT2D eigenvalue weighted by Crippen LogP contribution is -2.37. The maximum Gasteiger partial charge on any atom is 0.220 e. The first kappa shape index (κ1) is 22.0. The van der Waals surface area contributed by atoms with Crippen molar-refractivity contribution in [1.82, 2.24) is 15.1 Å². The van der Waals surface area contributed by atoms with Crippen LogP contribution in [0.3, 0.4) is 0 Å². The molecule has 2 aliphatic rings. The van der Waals surface area contributed by atoms with Gasteiger partial charge in [0, 0.05) is 44.2 Å². The van der Waals surface area contributed by atoms with Gasteiger partial charge in [-0.05, 0) is 56.3 Å². The fourth-order valence-electron chi connectivity index (χ4n) is 4.87. The van der Waals surface area contributed by atoms with Gasteiger partial charge in [-0.2, -0.15) is 0 Å². The van der Waals surface area contributed by atoms with E-state index in [0.29, 0.717) is 18.9 Å². The number of halogens is 1. The predicted molar refractivity (Wildman–Crippen MR) is 122 cm³/mol. The number of nitrogens with zero attached hydrogens (tertiary/aromatic N) is 2. The van der Waals surface area contributed by atoms with Gasteiger partial charge in [-0.3, -0.25) is 14.6 Å². The molecule has 0 saturated carbocycles. The van der Waals surface area contributed by atoms with Crippen LogP contribution in [0.2, 0.25) is 0 Å². The molecule has 1 N–H and O–H groups in total. The number of piperidine rings is 1. The third kappa shape index (κ3) is 6.62. The monoisotopic (exact) mass is 423 g/mol. The van der Waals surface area contributed by atoms with Crippen LogP contribution in [0.15, 0.2) is 54.6 Å². The van der Waals surface area contributed by atoms with Crippen molar-refractivity contribution in [2.45, 2.75) is 51.2 Å². The first-order valence-corrected chi connectivity index (χ1v) is 11.7. The molecule has 0 aliphatic carbocycles. The second-order valence-corrected chi connectivity index (χ2v) is 9.12.